The number of benzene rings is 2. The number of anilines is 2. The first-order chi connectivity index (χ1) is 15.7. The lowest BCUT2D eigenvalue weighted by Crippen LogP contribution is -2.33. The van der Waals surface area contributed by atoms with E-state index in [1.165, 1.54) is 12.3 Å². The lowest BCUT2D eigenvalue weighted by molar-refractivity contribution is -0.137. The van der Waals surface area contributed by atoms with Crippen LogP contribution in [0.25, 0.3) is 11.0 Å². The van der Waals surface area contributed by atoms with E-state index in [1.807, 2.05) is 51.2 Å². The lowest BCUT2D eigenvalue weighted by Gasteiger charge is -2.20. The van der Waals surface area contributed by atoms with Gasteiger partial charge in [0.15, 0.2) is 6.19 Å². The Hall–Kier alpha value is -3.87. The standard InChI is InChI=1S/C23H24F3N7/c1-14(2)20(33-22(30-13-27)32-17-7-5-4-6-15(17)3)11-29-21-12-28-19-10-16(23(24,25)26)8-9-18(19)31-21/h4-10,12,14,20H,11H2,1-3H3,(H,29,31)(H2,30,32,33). The van der Waals surface area contributed by atoms with Crippen LogP contribution in [-0.2, 0) is 6.18 Å². The van der Waals surface area contributed by atoms with Crippen molar-refractivity contribution in [2.45, 2.75) is 33.0 Å². The minimum Gasteiger partial charge on any atom is -0.367 e. The minimum absolute atomic E-state index is 0.120. The van der Waals surface area contributed by atoms with Gasteiger partial charge in [-0.05, 0) is 42.7 Å². The molecule has 10 heteroatoms. The molecule has 0 aliphatic rings. The van der Waals surface area contributed by atoms with E-state index in [4.69, 9.17) is 5.26 Å². The maximum Gasteiger partial charge on any atom is 0.416 e. The maximum absolute atomic E-state index is 12.9. The third-order valence-electron chi connectivity index (χ3n) is 5.00. The topological polar surface area (TPSA) is 98.0 Å². The number of halogens is 3. The van der Waals surface area contributed by atoms with Crippen molar-refractivity contribution in [2.24, 2.45) is 10.9 Å². The first kappa shape index (κ1) is 23.8. The Bertz CT molecular complexity index is 1180. The summed E-state index contributed by atoms with van der Waals surface area (Å²) in [5, 5.41) is 18.0. The number of guanidine groups is 1. The van der Waals surface area contributed by atoms with Crippen LogP contribution in [0.1, 0.15) is 25.0 Å². The summed E-state index contributed by atoms with van der Waals surface area (Å²) in [4.78, 5) is 13.1. The van der Waals surface area contributed by atoms with Crippen LogP contribution < -0.4 is 16.0 Å². The van der Waals surface area contributed by atoms with Crippen molar-refractivity contribution in [3.63, 3.8) is 0 Å². The van der Waals surface area contributed by atoms with Gasteiger partial charge in [-0.15, -0.1) is 0 Å². The molecular formula is C23H24F3N7. The van der Waals surface area contributed by atoms with Crippen LogP contribution in [0.2, 0.25) is 0 Å². The number of aryl methyl sites for hydroxylation is 1. The summed E-state index contributed by atoms with van der Waals surface area (Å²) in [5.74, 6) is 0.857. The van der Waals surface area contributed by atoms with Crippen molar-refractivity contribution < 1.29 is 13.2 Å². The molecule has 1 atom stereocenters. The molecule has 0 saturated heterocycles. The number of hydrogen-bond donors (Lipinski definition) is 3. The first-order valence-corrected chi connectivity index (χ1v) is 10.3. The minimum atomic E-state index is -4.43. The smallest absolute Gasteiger partial charge is 0.367 e. The zero-order valence-corrected chi connectivity index (χ0v) is 18.4. The van der Waals surface area contributed by atoms with Gasteiger partial charge in [-0.25, -0.2) is 9.98 Å². The molecule has 3 rings (SSSR count). The molecule has 0 bridgehead atoms. The molecular weight excluding hydrogens is 431 g/mol. The Morgan fingerprint density at radius 3 is 2.58 bits per heavy atom. The summed E-state index contributed by atoms with van der Waals surface area (Å²) in [5.41, 5.74) is 1.58. The summed E-state index contributed by atoms with van der Waals surface area (Å²) in [6, 6.07) is 10.7. The van der Waals surface area contributed by atoms with Gasteiger partial charge in [-0.1, -0.05) is 32.0 Å². The SMILES string of the molecule is Cc1ccccc1NC(=NC(CNc1cnc2cc(C(F)(F)F)ccc2n1)C(C)C)NC#N. The summed E-state index contributed by atoms with van der Waals surface area (Å²) in [6.07, 6.45) is -1.15. The van der Waals surface area contributed by atoms with Crippen LogP contribution in [0.3, 0.4) is 0 Å². The van der Waals surface area contributed by atoms with E-state index in [-0.39, 0.29) is 17.5 Å². The van der Waals surface area contributed by atoms with Gasteiger partial charge in [0.25, 0.3) is 0 Å². The fourth-order valence-corrected chi connectivity index (χ4v) is 3.07. The molecule has 7 nitrogen and oxygen atoms in total. The van der Waals surface area contributed by atoms with E-state index in [0.717, 1.165) is 23.4 Å². The van der Waals surface area contributed by atoms with Crippen LogP contribution in [0.4, 0.5) is 24.7 Å². The van der Waals surface area contributed by atoms with Crippen molar-refractivity contribution in [3.05, 3.63) is 59.8 Å². The Balaban J connectivity index is 1.76. The summed E-state index contributed by atoms with van der Waals surface area (Å²) >= 11 is 0. The van der Waals surface area contributed by atoms with Crippen molar-refractivity contribution >= 4 is 28.5 Å². The number of alkyl halides is 3. The van der Waals surface area contributed by atoms with E-state index in [1.54, 1.807) is 0 Å². The average molecular weight is 455 g/mol. The van der Waals surface area contributed by atoms with Gasteiger partial charge in [0.1, 0.15) is 5.82 Å². The molecule has 0 aliphatic carbocycles. The quantitative estimate of drug-likeness (QED) is 0.211. The van der Waals surface area contributed by atoms with Crippen LogP contribution in [0, 0.1) is 24.3 Å². The van der Waals surface area contributed by atoms with Gasteiger partial charge in [0, 0.05) is 12.2 Å². The van der Waals surface area contributed by atoms with Crippen LogP contribution in [-0.4, -0.2) is 28.5 Å². The van der Waals surface area contributed by atoms with Crippen molar-refractivity contribution in [1.29, 1.82) is 5.26 Å². The van der Waals surface area contributed by atoms with Gasteiger partial charge >= 0.3 is 6.18 Å². The molecule has 1 aromatic heterocycles. The third kappa shape index (κ3) is 6.32. The lowest BCUT2D eigenvalue weighted by atomic mass is 10.1. The number of rotatable bonds is 6. The second-order valence-electron chi connectivity index (χ2n) is 7.80. The molecule has 172 valence electrons. The first-order valence-electron chi connectivity index (χ1n) is 10.3. The average Bonchev–Trinajstić information content (AvgIpc) is 2.76. The van der Waals surface area contributed by atoms with Gasteiger partial charge < -0.3 is 10.6 Å². The molecule has 0 fully saturated rings. The zero-order valence-electron chi connectivity index (χ0n) is 18.4. The number of nitriles is 1. The normalized spacial score (nSPS) is 13.0. The summed E-state index contributed by atoms with van der Waals surface area (Å²) in [6.45, 7) is 6.32. The molecule has 1 heterocycles. The van der Waals surface area contributed by atoms with Gasteiger partial charge in [-0.2, -0.15) is 18.4 Å². The Morgan fingerprint density at radius 1 is 1.15 bits per heavy atom. The highest BCUT2D eigenvalue weighted by atomic mass is 19.4. The Kier molecular flexibility index (Phi) is 7.33. The van der Waals surface area contributed by atoms with Crippen LogP contribution in [0.15, 0.2) is 53.7 Å². The molecule has 1 unspecified atom stereocenters. The molecule has 0 amide bonds. The Labute approximate surface area is 189 Å². The number of nitrogens with zero attached hydrogens (tertiary/aromatic N) is 4. The molecule has 0 spiro atoms. The monoisotopic (exact) mass is 455 g/mol. The summed E-state index contributed by atoms with van der Waals surface area (Å²) in [7, 11) is 0. The van der Waals surface area contributed by atoms with Crippen LogP contribution in [0.5, 0.6) is 0 Å². The number of aliphatic imine (C=N–C) groups is 1. The highest BCUT2D eigenvalue weighted by molar-refractivity contribution is 5.95. The largest absolute Gasteiger partial charge is 0.416 e. The molecule has 0 radical (unpaired) electrons. The van der Waals surface area contributed by atoms with E-state index in [9.17, 15) is 13.2 Å². The number of para-hydroxylation sites is 1. The van der Waals surface area contributed by atoms with Crippen molar-refractivity contribution in [2.75, 3.05) is 17.2 Å². The van der Waals surface area contributed by atoms with Gasteiger partial charge in [0.05, 0.1) is 28.8 Å². The molecule has 33 heavy (non-hydrogen) atoms. The highest BCUT2D eigenvalue weighted by Crippen LogP contribution is 2.30. The molecule has 0 aliphatic heterocycles. The Morgan fingerprint density at radius 2 is 1.91 bits per heavy atom. The fourth-order valence-electron chi connectivity index (χ4n) is 3.07. The van der Waals surface area contributed by atoms with Crippen molar-refractivity contribution in [3.8, 4) is 6.19 Å². The molecule has 0 saturated carbocycles. The van der Waals surface area contributed by atoms with Crippen molar-refractivity contribution in [1.82, 2.24) is 15.3 Å². The molecule has 3 N–H and O–H groups in total. The maximum atomic E-state index is 12.9. The molecule has 2 aromatic carbocycles. The van der Waals surface area contributed by atoms with E-state index in [2.05, 4.69) is 30.9 Å². The third-order valence-corrected chi connectivity index (χ3v) is 5.00. The van der Waals surface area contributed by atoms with E-state index < -0.39 is 11.7 Å². The van der Waals surface area contributed by atoms with Gasteiger partial charge in [0.2, 0.25) is 5.96 Å². The van der Waals surface area contributed by atoms with E-state index >= 15 is 0 Å². The fraction of sp³-hybridized carbons (Fsp3) is 0.304. The predicted octanol–water partition coefficient (Wildman–Crippen LogP) is 4.93. The molecule has 3 aromatic rings. The van der Waals surface area contributed by atoms with Crippen LogP contribution >= 0.6 is 0 Å². The number of hydrogen-bond acceptors (Lipinski definition) is 5. The second kappa shape index (κ2) is 10.2. The number of aromatic nitrogens is 2. The second-order valence-corrected chi connectivity index (χ2v) is 7.80. The van der Waals surface area contributed by atoms with Gasteiger partial charge in [-0.3, -0.25) is 10.3 Å². The zero-order chi connectivity index (χ0) is 24.0. The number of nitrogens with one attached hydrogen (secondary N) is 3. The highest BCUT2D eigenvalue weighted by Gasteiger charge is 2.30. The van der Waals surface area contributed by atoms with E-state index in [0.29, 0.717) is 23.8 Å². The summed E-state index contributed by atoms with van der Waals surface area (Å²) < 4.78 is 38.7. The number of fused-ring (bicyclic) bond motifs is 1. The predicted molar refractivity (Wildman–Crippen MR) is 123 cm³/mol.